The normalized spacial score (nSPS) is 20.3. The molecular weight excluding hydrogens is 244 g/mol. The SMILES string of the molecule is C[C@@H](NC(=O)CC1(N)CCCCC1)c1cccs1. The van der Waals surface area contributed by atoms with E-state index in [1.807, 2.05) is 18.4 Å². The largest absolute Gasteiger partial charge is 0.349 e. The van der Waals surface area contributed by atoms with Gasteiger partial charge in [0.15, 0.2) is 0 Å². The highest BCUT2D eigenvalue weighted by atomic mass is 32.1. The molecule has 1 saturated carbocycles. The predicted octanol–water partition coefficient (Wildman–Crippen LogP) is 2.98. The molecule has 100 valence electrons. The highest BCUT2D eigenvalue weighted by Gasteiger charge is 2.30. The Hall–Kier alpha value is -0.870. The van der Waals surface area contributed by atoms with Crippen molar-refractivity contribution in [2.75, 3.05) is 0 Å². The lowest BCUT2D eigenvalue weighted by molar-refractivity contribution is -0.123. The van der Waals surface area contributed by atoms with Gasteiger partial charge in [-0.05, 0) is 31.2 Å². The maximum atomic E-state index is 12.0. The lowest BCUT2D eigenvalue weighted by Gasteiger charge is -2.33. The summed E-state index contributed by atoms with van der Waals surface area (Å²) in [6.45, 7) is 2.02. The molecule has 4 heteroatoms. The molecule has 1 fully saturated rings. The second kappa shape index (κ2) is 5.85. The third-order valence-corrected chi connectivity index (χ3v) is 4.76. The minimum absolute atomic E-state index is 0.0836. The summed E-state index contributed by atoms with van der Waals surface area (Å²) in [5, 5.41) is 5.08. The minimum Gasteiger partial charge on any atom is -0.349 e. The molecule has 1 amide bonds. The summed E-state index contributed by atoms with van der Waals surface area (Å²) in [6.07, 6.45) is 5.99. The number of nitrogens with two attached hydrogens (primary N) is 1. The number of hydrogen-bond donors (Lipinski definition) is 2. The van der Waals surface area contributed by atoms with Crippen LogP contribution >= 0.6 is 11.3 Å². The van der Waals surface area contributed by atoms with Gasteiger partial charge in [0.25, 0.3) is 0 Å². The molecule has 0 radical (unpaired) electrons. The Kier molecular flexibility index (Phi) is 4.40. The van der Waals surface area contributed by atoms with Crippen molar-refractivity contribution in [3.8, 4) is 0 Å². The zero-order valence-corrected chi connectivity index (χ0v) is 11.8. The van der Waals surface area contributed by atoms with Gasteiger partial charge < -0.3 is 11.1 Å². The van der Waals surface area contributed by atoms with Crippen molar-refractivity contribution < 1.29 is 4.79 Å². The van der Waals surface area contributed by atoms with Crippen LogP contribution in [0.25, 0.3) is 0 Å². The Balaban J connectivity index is 1.84. The van der Waals surface area contributed by atoms with E-state index in [0.717, 1.165) is 25.7 Å². The molecule has 0 aliphatic heterocycles. The van der Waals surface area contributed by atoms with Gasteiger partial charge in [0.05, 0.1) is 6.04 Å². The second-order valence-electron chi connectivity index (χ2n) is 5.40. The Morgan fingerprint density at radius 2 is 2.22 bits per heavy atom. The van der Waals surface area contributed by atoms with Crippen LogP contribution in [-0.2, 0) is 4.79 Å². The van der Waals surface area contributed by atoms with E-state index in [1.54, 1.807) is 11.3 Å². The van der Waals surface area contributed by atoms with Gasteiger partial charge in [-0.1, -0.05) is 25.3 Å². The second-order valence-corrected chi connectivity index (χ2v) is 6.38. The number of nitrogens with one attached hydrogen (secondary N) is 1. The van der Waals surface area contributed by atoms with Crippen LogP contribution in [0.4, 0.5) is 0 Å². The molecule has 0 bridgehead atoms. The first-order valence-electron chi connectivity index (χ1n) is 6.71. The van der Waals surface area contributed by atoms with Crippen molar-refractivity contribution in [3.05, 3.63) is 22.4 Å². The molecule has 18 heavy (non-hydrogen) atoms. The molecule has 1 aliphatic carbocycles. The van der Waals surface area contributed by atoms with E-state index in [2.05, 4.69) is 11.4 Å². The average molecular weight is 266 g/mol. The van der Waals surface area contributed by atoms with Crippen LogP contribution in [0.3, 0.4) is 0 Å². The standard InChI is InChI=1S/C14H22N2OS/c1-11(12-6-5-9-18-12)16-13(17)10-14(15)7-3-2-4-8-14/h5-6,9,11H,2-4,7-8,10,15H2,1H3,(H,16,17)/t11-/m1/s1. The molecule has 3 N–H and O–H groups in total. The first-order chi connectivity index (χ1) is 8.59. The molecule has 1 aromatic rings. The van der Waals surface area contributed by atoms with Gasteiger partial charge in [0.1, 0.15) is 0 Å². The molecule has 0 aromatic carbocycles. The quantitative estimate of drug-likeness (QED) is 0.880. The number of hydrogen-bond acceptors (Lipinski definition) is 3. The monoisotopic (exact) mass is 266 g/mol. The molecule has 3 nitrogen and oxygen atoms in total. The fraction of sp³-hybridized carbons (Fsp3) is 0.643. The first kappa shape index (κ1) is 13.6. The lowest BCUT2D eigenvalue weighted by atomic mass is 9.80. The first-order valence-corrected chi connectivity index (χ1v) is 7.59. The minimum atomic E-state index is -0.266. The van der Waals surface area contributed by atoms with Crippen LogP contribution in [0.2, 0.25) is 0 Å². The Morgan fingerprint density at radius 3 is 2.83 bits per heavy atom. The maximum Gasteiger partial charge on any atom is 0.222 e. The Bertz CT molecular complexity index is 383. The molecule has 1 aliphatic rings. The van der Waals surface area contributed by atoms with Gasteiger partial charge in [-0.3, -0.25) is 4.79 Å². The van der Waals surface area contributed by atoms with Crippen molar-refractivity contribution >= 4 is 17.2 Å². The summed E-state index contributed by atoms with van der Waals surface area (Å²) in [4.78, 5) is 13.2. The van der Waals surface area contributed by atoms with Crippen LogP contribution in [0, 0.1) is 0 Å². The number of carbonyl (C=O) groups excluding carboxylic acids is 1. The van der Waals surface area contributed by atoms with Crippen molar-refractivity contribution in [1.82, 2.24) is 5.32 Å². The fourth-order valence-electron chi connectivity index (χ4n) is 2.65. The van der Waals surface area contributed by atoms with Crippen LogP contribution in [0.1, 0.15) is 56.4 Å². The Morgan fingerprint density at radius 1 is 1.50 bits per heavy atom. The van der Waals surface area contributed by atoms with Gasteiger partial charge in [0, 0.05) is 16.8 Å². The van der Waals surface area contributed by atoms with Crippen LogP contribution < -0.4 is 11.1 Å². The molecule has 0 unspecified atom stereocenters. The number of rotatable bonds is 4. The zero-order chi connectivity index (χ0) is 13.0. The third-order valence-electron chi connectivity index (χ3n) is 3.71. The van der Waals surface area contributed by atoms with Crippen molar-refractivity contribution in [2.24, 2.45) is 5.73 Å². The number of thiophene rings is 1. The molecule has 1 atom stereocenters. The summed E-state index contributed by atoms with van der Waals surface area (Å²) < 4.78 is 0. The van der Waals surface area contributed by atoms with Gasteiger partial charge in [0.2, 0.25) is 5.91 Å². The third kappa shape index (κ3) is 3.56. The zero-order valence-electron chi connectivity index (χ0n) is 10.9. The highest BCUT2D eigenvalue weighted by Crippen LogP contribution is 2.29. The number of carbonyl (C=O) groups is 1. The van der Waals surface area contributed by atoms with Crippen molar-refractivity contribution in [2.45, 2.75) is 57.0 Å². The molecule has 0 saturated heterocycles. The van der Waals surface area contributed by atoms with E-state index < -0.39 is 0 Å². The van der Waals surface area contributed by atoms with Crippen molar-refractivity contribution in [1.29, 1.82) is 0 Å². The summed E-state index contributed by atoms with van der Waals surface area (Å²) in [5.41, 5.74) is 6.03. The molecule has 1 aromatic heterocycles. The van der Waals surface area contributed by atoms with Crippen LogP contribution in [0.5, 0.6) is 0 Å². The molecule has 0 spiro atoms. The average Bonchev–Trinajstić information content (AvgIpc) is 2.82. The number of amides is 1. The summed E-state index contributed by atoms with van der Waals surface area (Å²) in [7, 11) is 0. The maximum absolute atomic E-state index is 12.0. The Labute approximate surface area is 113 Å². The van der Waals surface area contributed by atoms with Crippen LogP contribution in [-0.4, -0.2) is 11.4 Å². The van der Waals surface area contributed by atoms with E-state index in [1.165, 1.54) is 11.3 Å². The van der Waals surface area contributed by atoms with Gasteiger partial charge in [-0.25, -0.2) is 0 Å². The van der Waals surface area contributed by atoms with Gasteiger partial charge in [-0.2, -0.15) is 0 Å². The van der Waals surface area contributed by atoms with Crippen LogP contribution in [0.15, 0.2) is 17.5 Å². The summed E-state index contributed by atoms with van der Waals surface area (Å²) in [5.74, 6) is 0.0836. The van der Waals surface area contributed by atoms with Gasteiger partial charge in [-0.15, -0.1) is 11.3 Å². The topological polar surface area (TPSA) is 55.1 Å². The van der Waals surface area contributed by atoms with E-state index in [9.17, 15) is 4.79 Å². The predicted molar refractivity (Wildman–Crippen MR) is 75.5 cm³/mol. The molecule has 2 rings (SSSR count). The smallest absolute Gasteiger partial charge is 0.222 e. The van der Waals surface area contributed by atoms with Crippen molar-refractivity contribution in [3.63, 3.8) is 0 Å². The van der Waals surface area contributed by atoms with Gasteiger partial charge >= 0.3 is 0 Å². The van der Waals surface area contributed by atoms with E-state index in [4.69, 9.17) is 5.73 Å². The fourth-order valence-corrected chi connectivity index (χ4v) is 3.39. The van der Waals surface area contributed by atoms with E-state index in [0.29, 0.717) is 6.42 Å². The molecular formula is C14H22N2OS. The molecule has 1 heterocycles. The highest BCUT2D eigenvalue weighted by molar-refractivity contribution is 7.10. The summed E-state index contributed by atoms with van der Waals surface area (Å²) >= 11 is 1.67. The summed E-state index contributed by atoms with van der Waals surface area (Å²) in [6, 6.07) is 4.15. The lowest BCUT2D eigenvalue weighted by Crippen LogP contribution is -2.46. The van der Waals surface area contributed by atoms with E-state index in [-0.39, 0.29) is 17.5 Å². The van der Waals surface area contributed by atoms with E-state index >= 15 is 0 Å².